The first kappa shape index (κ1) is 13.3. The number of nitrogens with two attached hydrogens (primary N) is 1. The smallest absolute Gasteiger partial charge is 0.127 e. The fourth-order valence-electron chi connectivity index (χ4n) is 2.48. The van der Waals surface area contributed by atoms with Crippen molar-refractivity contribution in [1.82, 2.24) is 4.90 Å². The van der Waals surface area contributed by atoms with E-state index in [4.69, 9.17) is 10.5 Å². The number of halogens is 1. The molecular weight excluding hydrogens is 231 g/mol. The molecular formula is C14H21FN2O. The van der Waals surface area contributed by atoms with E-state index in [1.165, 1.54) is 31.5 Å². The Hall–Kier alpha value is -1.13. The Kier molecular flexibility index (Phi) is 4.55. The van der Waals surface area contributed by atoms with E-state index in [2.05, 4.69) is 11.9 Å². The molecule has 18 heavy (non-hydrogen) atoms. The highest BCUT2D eigenvalue weighted by Gasteiger charge is 2.20. The fraction of sp³-hybridized carbons (Fsp3) is 0.571. The van der Waals surface area contributed by atoms with Gasteiger partial charge in [-0.25, -0.2) is 4.39 Å². The highest BCUT2D eigenvalue weighted by Crippen LogP contribution is 2.20. The number of ether oxygens (including phenoxy) is 1. The van der Waals surface area contributed by atoms with E-state index in [-0.39, 0.29) is 5.82 Å². The molecule has 1 saturated heterocycles. The van der Waals surface area contributed by atoms with E-state index in [1.54, 1.807) is 6.07 Å². The molecule has 3 nitrogen and oxygen atoms in total. The van der Waals surface area contributed by atoms with E-state index >= 15 is 0 Å². The molecule has 0 spiro atoms. The number of likely N-dealkylation sites (tertiary alicyclic amines) is 1. The maximum Gasteiger partial charge on any atom is 0.127 e. The molecule has 2 N–H and O–H groups in total. The summed E-state index contributed by atoms with van der Waals surface area (Å²) in [6, 6.07) is 5.27. The summed E-state index contributed by atoms with van der Waals surface area (Å²) >= 11 is 0. The SMILES string of the molecule is CN1CCCC1CCOc1cc(F)cc(CN)c1. The molecule has 0 aliphatic carbocycles. The van der Waals surface area contributed by atoms with Gasteiger partial charge in [0.2, 0.25) is 0 Å². The number of hydrogen-bond donors (Lipinski definition) is 1. The van der Waals surface area contributed by atoms with Crippen molar-refractivity contribution >= 4 is 0 Å². The molecule has 0 amide bonds. The van der Waals surface area contributed by atoms with Gasteiger partial charge in [-0.2, -0.15) is 0 Å². The summed E-state index contributed by atoms with van der Waals surface area (Å²) in [5.74, 6) is 0.294. The first-order valence-electron chi connectivity index (χ1n) is 6.51. The highest BCUT2D eigenvalue weighted by molar-refractivity contribution is 5.29. The Balaban J connectivity index is 1.84. The minimum atomic E-state index is -0.286. The van der Waals surface area contributed by atoms with Crippen LogP contribution in [0.2, 0.25) is 0 Å². The van der Waals surface area contributed by atoms with Gasteiger partial charge in [0.05, 0.1) is 6.61 Å². The Morgan fingerprint density at radius 2 is 2.28 bits per heavy atom. The van der Waals surface area contributed by atoms with Gasteiger partial charge >= 0.3 is 0 Å². The van der Waals surface area contributed by atoms with Crippen molar-refractivity contribution in [2.24, 2.45) is 5.73 Å². The Bertz CT molecular complexity index is 397. The molecule has 1 heterocycles. The van der Waals surface area contributed by atoms with Crippen molar-refractivity contribution in [2.45, 2.75) is 31.8 Å². The third kappa shape index (κ3) is 3.43. The summed E-state index contributed by atoms with van der Waals surface area (Å²) < 4.78 is 18.9. The van der Waals surface area contributed by atoms with Crippen LogP contribution in [0.5, 0.6) is 5.75 Å². The summed E-state index contributed by atoms with van der Waals surface area (Å²) in [7, 11) is 2.15. The standard InChI is InChI=1S/C14H21FN2O/c1-17-5-2-3-13(17)4-6-18-14-8-11(10-16)7-12(15)9-14/h7-9,13H,2-6,10,16H2,1H3. The van der Waals surface area contributed by atoms with Crippen LogP contribution in [-0.4, -0.2) is 31.1 Å². The Morgan fingerprint density at radius 3 is 2.94 bits per heavy atom. The van der Waals surface area contributed by atoms with Crippen LogP contribution in [0.15, 0.2) is 18.2 Å². The molecule has 1 fully saturated rings. The molecule has 0 saturated carbocycles. The van der Waals surface area contributed by atoms with Gasteiger partial charge in [0.1, 0.15) is 11.6 Å². The Labute approximate surface area is 108 Å². The lowest BCUT2D eigenvalue weighted by molar-refractivity contribution is 0.232. The normalized spacial score (nSPS) is 20.3. The van der Waals surface area contributed by atoms with Gasteiger partial charge in [-0.3, -0.25) is 0 Å². The second-order valence-electron chi connectivity index (χ2n) is 4.91. The minimum Gasteiger partial charge on any atom is -0.493 e. The third-order valence-corrected chi connectivity index (χ3v) is 3.56. The molecule has 1 aromatic rings. The molecule has 100 valence electrons. The van der Waals surface area contributed by atoms with Crippen LogP contribution in [0.4, 0.5) is 4.39 Å². The van der Waals surface area contributed by atoms with Gasteiger partial charge in [0.15, 0.2) is 0 Å². The predicted octanol–water partition coefficient (Wildman–Crippen LogP) is 2.15. The first-order valence-corrected chi connectivity index (χ1v) is 6.51. The van der Waals surface area contributed by atoms with Gasteiger partial charge in [-0.1, -0.05) is 0 Å². The van der Waals surface area contributed by atoms with Crippen LogP contribution in [0.1, 0.15) is 24.8 Å². The molecule has 0 radical (unpaired) electrons. The lowest BCUT2D eigenvalue weighted by Crippen LogP contribution is -2.26. The molecule has 1 atom stereocenters. The predicted molar refractivity (Wildman–Crippen MR) is 70.1 cm³/mol. The summed E-state index contributed by atoms with van der Waals surface area (Å²) in [4.78, 5) is 2.36. The average molecular weight is 252 g/mol. The van der Waals surface area contributed by atoms with Crippen molar-refractivity contribution in [1.29, 1.82) is 0 Å². The molecule has 2 rings (SSSR count). The molecule has 0 bridgehead atoms. The largest absolute Gasteiger partial charge is 0.493 e. The molecule has 1 unspecified atom stereocenters. The molecule has 1 aliphatic heterocycles. The first-order chi connectivity index (χ1) is 8.69. The van der Waals surface area contributed by atoms with Crippen LogP contribution < -0.4 is 10.5 Å². The van der Waals surface area contributed by atoms with Crippen LogP contribution in [0.25, 0.3) is 0 Å². The van der Waals surface area contributed by atoms with Crippen molar-refractivity contribution in [2.75, 3.05) is 20.2 Å². The maximum atomic E-state index is 13.3. The van der Waals surface area contributed by atoms with Crippen molar-refractivity contribution in [3.8, 4) is 5.75 Å². The molecule has 4 heteroatoms. The summed E-state index contributed by atoms with van der Waals surface area (Å²) in [6.07, 6.45) is 3.49. The zero-order valence-electron chi connectivity index (χ0n) is 10.9. The van der Waals surface area contributed by atoms with Gasteiger partial charge in [0.25, 0.3) is 0 Å². The van der Waals surface area contributed by atoms with E-state index in [1.807, 2.05) is 0 Å². The Morgan fingerprint density at radius 1 is 1.44 bits per heavy atom. The van der Waals surface area contributed by atoms with Crippen LogP contribution in [-0.2, 0) is 6.54 Å². The quantitative estimate of drug-likeness (QED) is 0.872. The fourth-order valence-corrected chi connectivity index (χ4v) is 2.48. The van der Waals surface area contributed by atoms with Gasteiger partial charge in [0, 0.05) is 18.7 Å². The summed E-state index contributed by atoms with van der Waals surface area (Å²) in [5, 5.41) is 0. The van der Waals surface area contributed by atoms with Gasteiger partial charge in [-0.05, 0) is 50.6 Å². The van der Waals surface area contributed by atoms with Crippen LogP contribution in [0, 0.1) is 5.82 Å². The molecule has 1 aromatic carbocycles. The van der Waals surface area contributed by atoms with E-state index < -0.39 is 0 Å². The number of hydrogen-bond acceptors (Lipinski definition) is 3. The zero-order chi connectivity index (χ0) is 13.0. The van der Waals surface area contributed by atoms with Crippen LogP contribution in [0.3, 0.4) is 0 Å². The summed E-state index contributed by atoms with van der Waals surface area (Å²) in [6.45, 7) is 2.13. The van der Waals surface area contributed by atoms with Crippen molar-refractivity contribution < 1.29 is 9.13 Å². The minimum absolute atomic E-state index is 0.286. The van der Waals surface area contributed by atoms with E-state index in [0.717, 1.165) is 12.0 Å². The van der Waals surface area contributed by atoms with Crippen molar-refractivity contribution in [3.63, 3.8) is 0 Å². The lowest BCUT2D eigenvalue weighted by Gasteiger charge is -2.19. The second kappa shape index (κ2) is 6.16. The van der Waals surface area contributed by atoms with E-state index in [0.29, 0.717) is 24.9 Å². The van der Waals surface area contributed by atoms with Gasteiger partial charge < -0.3 is 15.4 Å². The number of nitrogens with zero attached hydrogens (tertiary/aromatic N) is 1. The van der Waals surface area contributed by atoms with Crippen molar-refractivity contribution in [3.05, 3.63) is 29.6 Å². The second-order valence-corrected chi connectivity index (χ2v) is 4.91. The highest BCUT2D eigenvalue weighted by atomic mass is 19.1. The van der Waals surface area contributed by atoms with Crippen LogP contribution >= 0.6 is 0 Å². The topological polar surface area (TPSA) is 38.5 Å². The third-order valence-electron chi connectivity index (χ3n) is 3.56. The van der Waals surface area contributed by atoms with Gasteiger partial charge in [-0.15, -0.1) is 0 Å². The number of benzene rings is 1. The monoisotopic (exact) mass is 252 g/mol. The zero-order valence-corrected chi connectivity index (χ0v) is 10.9. The summed E-state index contributed by atoms with van der Waals surface area (Å²) in [5.41, 5.74) is 6.27. The van der Waals surface area contributed by atoms with E-state index in [9.17, 15) is 4.39 Å². The molecule has 1 aliphatic rings. The number of rotatable bonds is 5. The average Bonchev–Trinajstić information content (AvgIpc) is 2.74. The molecule has 0 aromatic heterocycles. The lowest BCUT2D eigenvalue weighted by atomic mass is 10.1. The maximum absolute atomic E-state index is 13.3.